The third-order valence-electron chi connectivity index (χ3n) is 3.63. The number of hydrogen-bond donors (Lipinski definition) is 2. The summed E-state index contributed by atoms with van der Waals surface area (Å²) in [7, 11) is 5.35. The molecular formula is C14H24N4O3. The van der Waals surface area contributed by atoms with E-state index in [1.54, 1.807) is 7.11 Å². The van der Waals surface area contributed by atoms with E-state index in [4.69, 9.17) is 9.47 Å². The molecule has 2 N–H and O–H groups in total. The second-order valence-corrected chi connectivity index (χ2v) is 5.40. The molecule has 1 fully saturated rings. The zero-order valence-electron chi connectivity index (χ0n) is 12.9. The molecule has 2 rings (SSSR count). The van der Waals surface area contributed by atoms with Crippen LogP contribution in [-0.4, -0.2) is 61.6 Å². The summed E-state index contributed by atoms with van der Waals surface area (Å²) in [5, 5.41) is 13.6. The number of nitrogens with one attached hydrogen (secondary N) is 1. The van der Waals surface area contributed by atoms with Crippen LogP contribution in [0, 0.1) is 0 Å². The maximum atomic E-state index is 10.6. The summed E-state index contributed by atoms with van der Waals surface area (Å²) in [4.78, 5) is 10.8. The molecule has 0 atom stereocenters. The molecule has 7 heteroatoms. The Bertz CT molecular complexity index is 464. The molecule has 0 bridgehead atoms. The van der Waals surface area contributed by atoms with Gasteiger partial charge < -0.3 is 24.8 Å². The normalized spacial score (nSPS) is 17.5. The van der Waals surface area contributed by atoms with Crippen molar-refractivity contribution in [2.75, 3.05) is 51.2 Å². The van der Waals surface area contributed by atoms with Crippen molar-refractivity contribution < 1.29 is 14.6 Å². The zero-order chi connectivity index (χ0) is 15.3. The fraction of sp³-hybridized carbons (Fsp3) is 0.714. The number of ether oxygens (including phenoxy) is 2. The van der Waals surface area contributed by atoms with Crippen LogP contribution in [0.3, 0.4) is 0 Å². The van der Waals surface area contributed by atoms with Crippen LogP contribution in [0.25, 0.3) is 0 Å². The van der Waals surface area contributed by atoms with Gasteiger partial charge in [-0.2, -0.15) is 0 Å². The Labute approximate surface area is 125 Å². The van der Waals surface area contributed by atoms with Crippen molar-refractivity contribution in [3.05, 3.63) is 11.9 Å². The number of aliphatic hydroxyl groups is 1. The van der Waals surface area contributed by atoms with E-state index in [0.717, 1.165) is 11.6 Å². The van der Waals surface area contributed by atoms with Gasteiger partial charge in [0.25, 0.3) is 0 Å². The Balaban J connectivity index is 2.13. The van der Waals surface area contributed by atoms with Crippen molar-refractivity contribution in [2.24, 2.45) is 0 Å². The predicted octanol–water partition coefficient (Wildman–Crippen LogP) is 0.642. The van der Waals surface area contributed by atoms with Crippen molar-refractivity contribution in [1.29, 1.82) is 0 Å². The summed E-state index contributed by atoms with van der Waals surface area (Å²) in [6.45, 7) is 2.08. The van der Waals surface area contributed by atoms with Crippen LogP contribution in [-0.2, 0) is 16.1 Å². The molecule has 1 saturated heterocycles. The van der Waals surface area contributed by atoms with Gasteiger partial charge in [-0.3, -0.25) is 0 Å². The molecule has 0 saturated carbocycles. The van der Waals surface area contributed by atoms with E-state index in [-0.39, 0.29) is 0 Å². The van der Waals surface area contributed by atoms with E-state index in [1.807, 2.05) is 25.1 Å². The van der Waals surface area contributed by atoms with Gasteiger partial charge in [-0.25, -0.2) is 9.97 Å². The maximum Gasteiger partial charge on any atom is 0.158 e. The maximum absolute atomic E-state index is 10.6. The fourth-order valence-electron chi connectivity index (χ4n) is 2.43. The molecule has 21 heavy (non-hydrogen) atoms. The fourth-order valence-corrected chi connectivity index (χ4v) is 2.43. The standard InChI is InChI=1S/C14H24N4O3/c1-15-11-8-13(17-12(16-11)9-20-3)18(2)10-14(19)4-6-21-7-5-14/h8,19H,4-7,9-10H2,1-3H3,(H,15,16,17). The van der Waals surface area contributed by atoms with Crippen LogP contribution < -0.4 is 10.2 Å². The smallest absolute Gasteiger partial charge is 0.158 e. The summed E-state index contributed by atoms with van der Waals surface area (Å²) in [6.07, 6.45) is 1.29. The number of anilines is 2. The molecule has 1 aliphatic rings. The highest BCUT2D eigenvalue weighted by Gasteiger charge is 2.31. The first-order valence-electron chi connectivity index (χ1n) is 7.12. The Hall–Kier alpha value is -1.44. The number of nitrogens with zero attached hydrogens (tertiary/aromatic N) is 3. The molecular weight excluding hydrogens is 272 g/mol. The van der Waals surface area contributed by atoms with E-state index < -0.39 is 5.60 Å². The van der Waals surface area contributed by atoms with Gasteiger partial charge in [0.15, 0.2) is 5.82 Å². The Morgan fingerprint density at radius 2 is 2.14 bits per heavy atom. The summed E-state index contributed by atoms with van der Waals surface area (Å²) >= 11 is 0. The lowest BCUT2D eigenvalue weighted by molar-refractivity contribution is -0.0573. The number of aromatic nitrogens is 2. The Morgan fingerprint density at radius 3 is 2.76 bits per heavy atom. The van der Waals surface area contributed by atoms with Crippen molar-refractivity contribution in [3.8, 4) is 0 Å². The van der Waals surface area contributed by atoms with Crippen molar-refractivity contribution in [3.63, 3.8) is 0 Å². The summed E-state index contributed by atoms with van der Waals surface area (Å²) < 4.78 is 10.4. The minimum Gasteiger partial charge on any atom is -0.388 e. The molecule has 0 radical (unpaired) electrons. The highest BCUT2D eigenvalue weighted by atomic mass is 16.5. The summed E-state index contributed by atoms with van der Waals surface area (Å²) in [6, 6.07) is 1.86. The first kappa shape index (κ1) is 15.9. The molecule has 0 unspecified atom stereocenters. The quantitative estimate of drug-likeness (QED) is 0.797. The lowest BCUT2D eigenvalue weighted by Crippen LogP contribution is -2.46. The molecule has 118 valence electrons. The minimum atomic E-state index is -0.723. The number of likely N-dealkylation sites (N-methyl/N-ethyl adjacent to an activating group) is 1. The second kappa shape index (κ2) is 7.02. The molecule has 7 nitrogen and oxygen atoms in total. The molecule has 0 spiro atoms. The van der Waals surface area contributed by atoms with Gasteiger partial charge in [0.05, 0.1) is 5.60 Å². The number of methoxy groups -OCH3 is 1. The third-order valence-corrected chi connectivity index (χ3v) is 3.63. The zero-order valence-corrected chi connectivity index (χ0v) is 12.9. The summed E-state index contributed by atoms with van der Waals surface area (Å²) in [5.41, 5.74) is -0.723. The van der Waals surface area contributed by atoms with Gasteiger partial charge in [0, 0.05) is 59.9 Å². The average Bonchev–Trinajstić information content (AvgIpc) is 2.47. The SMILES string of the molecule is CNc1cc(N(C)CC2(O)CCOCC2)nc(COC)n1. The van der Waals surface area contributed by atoms with Gasteiger partial charge in [-0.05, 0) is 0 Å². The largest absolute Gasteiger partial charge is 0.388 e. The van der Waals surface area contributed by atoms with Crippen LogP contribution in [0.4, 0.5) is 11.6 Å². The lowest BCUT2D eigenvalue weighted by Gasteiger charge is -2.35. The van der Waals surface area contributed by atoms with E-state index in [1.165, 1.54) is 0 Å². The molecule has 1 aliphatic heterocycles. The van der Waals surface area contributed by atoms with Crippen molar-refractivity contribution >= 4 is 11.6 Å². The van der Waals surface area contributed by atoms with Crippen LogP contribution in [0.5, 0.6) is 0 Å². The van der Waals surface area contributed by atoms with Crippen molar-refractivity contribution in [2.45, 2.75) is 25.0 Å². The van der Waals surface area contributed by atoms with Gasteiger partial charge in [-0.15, -0.1) is 0 Å². The average molecular weight is 296 g/mol. The van der Waals surface area contributed by atoms with Gasteiger partial charge in [0.1, 0.15) is 18.2 Å². The van der Waals surface area contributed by atoms with Crippen LogP contribution in [0.1, 0.15) is 18.7 Å². The topological polar surface area (TPSA) is 79.7 Å². The molecule has 2 heterocycles. The van der Waals surface area contributed by atoms with Gasteiger partial charge in [-0.1, -0.05) is 0 Å². The Morgan fingerprint density at radius 1 is 1.43 bits per heavy atom. The number of hydrogen-bond acceptors (Lipinski definition) is 7. The summed E-state index contributed by atoms with van der Waals surface area (Å²) in [5.74, 6) is 2.12. The van der Waals surface area contributed by atoms with Crippen molar-refractivity contribution in [1.82, 2.24) is 9.97 Å². The lowest BCUT2D eigenvalue weighted by atomic mass is 9.94. The third kappa shape index (κ3) is 4.26. The molecule has 0 aromatic carbocycles. The van der Waals surface area contributed by atoms with E-state index in [9.17, 15) is 5.11 Å². The van der Waals surface area contributed by atoms with Crippen LogP contribution in [0.2, 0.25) is 0 Å². The van der Waals surface area contributed by atoms with Gasteiger partial charge >= 0.3 is 0 Å². The predicted molar refractivity (Wildman–Crippen MR) is 80.6 cm³/mol. The van der Waals surface area contributed by atoms with E-state index in [2.05, 4.69) is 15.3 Å². The Kier molecular flexibility index (Phi) is 5.33. The highest BCUT2D eigenvalue weighted by molar-refractivity contribution is 5.49. The number of rotatable bonds is 6. The monoisotopic (exact) mass is 296 g/mol. The molecule has 0 aliphatic carbocycles. The molecule has 1 aromatic rings. The van der Waals surface area contributed by atoms with E-state index in [0.29, 0.717) is 45.0 Å². The minimum absolute atomic E-state index is 0.356. The molecule has 0 amide bonds. The first-order chi connectivity index (χ1) is 10.1. The second-order valence-electron chi connectivity index (χ2n) is 5.40. The van der Waals surface area contributed by atoms with Crippen LogP contribution >= 0.6 is 0 Å². The van der Waals surface area contributed by atoms with E-state index >= 15 is 0 Å². The highest BCUT2D eigenvalue weighted by Crippen LogP contribution is 2.24. The first-order valence-corrected chi connectivity index (χ1v) is 7.12. The molecule has 1 aromatic heterocycles. The van der Waals surface area contributed by atoms with Crippen LogP contribution in [0.15, 0.2) is 6.07 Å². The van der Waals surface area contributed by atoms with Gasteiger partial charge in [0.2, 0.25) is 0 Å².